The Morgan fingerprint density at radius 3 is 2.79 bits per heavy atom. The summed E-state index contributed by atoms with van der Waals surface area (Å²) in [5.74, 6) is -0.814. The second kappa shape index (κ2) is 4.52. The third-order valence-electron chi connectivity index (χ3n) is 1.85. The number of aromatic nitrogens is 1. The molecule has 0 amide bonds. The fourth-order valence-corrected chi connectivity index (χ4v) is 2.10. The van der Waals surface area contributed by atoms with Crippen molar-refractivity contribution < 1.29 is 14.6 Å². The van der Waals surface area contributed by atoms with E-state index in [2.05, 4.69) is 4.98 Å². The van der Waals surface area contributed by atoms with E-state index in [0.717, 1.165) is 9.88 Å². The number of ether oxygens (including phenoxy) is 1. The molecule has 0 aliphatic carbocycles. The van der Waals surface area contributed by atoms with E-state index in [1.54, 1.807) is 14.0 Å². The van der Waals surface area contributed by atoms with Crippen LogP contribution in [0.4, 0.5) is 0 Å². The predicted octanol–water partition coefficient (Wildman–Crippen LogP) is 1.90. The van der Waals surface area contributed by atoms with Gasteiger partial charge in [0, 0.05) is 17.9 Å². The Hall–Kier alpha value is -0.940. The van der Waals surface area contributed by atoms with Crippen LogP contribution < -0.4 is 0 Å². The number of aromatic carboxylic acids is 1. The quantitative estimate of drug-likeness (QED) is 0.833. The molecule has 0 saturated heterocycles. The number of rotatable bonds is 4. The lowest BCUT2D eigenvalue weighted by Gasteiger charge is -2.04. The van der Waals surface area contributed by atoms with Gasteiger partial charge in [0.25, 0.3) is 0 Å². The van der Waals surface area contributed by atoms with Crippen LogP contribution in [0, 0.1) is 6.92 Å². The summed E-state index contributed by atoms with van der Waals surface area (Å²) in [5.41, 5.74) is 0.160. The zero-order valence-corrected chi connectivity index (χ0v) is 9.22. The van der Waals surface area contributed by atoms with Crippen LogP contribution in [0.15, 0.2) is 0 Å². The maximum Gasteiger partial charge on any atom is 0.355 e. The molecular weight excluding hydrogens is 202 g/mol. The van der Waals surface area contributed by atoms with Crippen LogP contribution >= 0.6 is 11.3 Å². The maximum absolute atomic E-state index is 10.7. The van der Waals surface area contributed by atoms with E-state index < -0.39 is 5.97 Å². The van der Waals surface area contributed by atoms with Crippen LogP contribution in [-0.2, 0) is 4.74 Å². The first-order valence-electron chi connectivity index (χ1n) is 4.25. The largest absolute Gasteiger partial charge is 0.476 e. The predicted molar refractivity (Wildman–Crippen MR) is 54.1 cm³/mol. The summed E-state index contributed by atoms with van der Waals surface area (Å²) in [7, 11) is 1.62. The van der Waals surface area contributed by atoms with Gasteiger partial charge in [-0.3, -0.25) is 0 Å². The van der Waals surface area contributed by atoms with E-state index in [9.17, 15) is 4.79 Å². The van der Waals surface area contributed by atoms with Gasteiger partial charge in [0.1, 0.15) is 0 Å². The Bertz CT molecular complexity index is 335. The van der Waals surface area contributed by atoms with Gasteiger partial charge in [-0.2, -0.15) is 0 Å². The van der Waals surface area contributed by atoms with Crippen molar-refractivity contribution in [3.05, 3.63) is 15.6 Å². The molecule has 78 valence electrons. The van der Waals surface area contributed by atoms with E-state index in [1.165, 1.54) is 11.3 Å². The van der Waals surface area contributed by atoms with Crippen LogP contribution in [0.2, 0.25) is 0 Å². The highest BCUT2D eigenvalue weighted by Crippen LogP contribution is 2.24. The lowest BCUT2D eigenvalue weighted by molar-refractivity contribution is 0.0690. The zero-order chi connectivity index (χ0) is 10.7. The number of nitrogens with zero attached hydrogens (tertiary/aromatic N) is 1. The first-order valence-corrected chi connectivity index (χ1v) is 5.07. The van der Waals surface area contributed by atoms with Gasteiger partial charge in [0.15, 0.2) is 5.69 Å². The topological polar surface area (TPSA) is 59.4 Å². The Kier molecular flexibility index (Phi) is 3.60. The van der Waals surface area contributed by atoms with E-state index in [4.69, 9.17) is 9.84 Å². The van der Waals surface area contributed by atoms with Crippen molar-refractivity contribution in [3.8, 4) is 0 Å². The van der Waals surface area contributed by atoms with E-state index in [-0.39, 0.29) is 11.6 Å². The van der Waals surface area contributed by atoms with Crippen molar-refractivity contribution in [1.29, 1.82) is 0 Å². The molecule has 1 aromatic rings. The molecule has 0 aromatic carbocycles. The third-order valence-corrected chi connectivity index (χ3v) is 3.06. The highest BCUT2D eigenvalue weighted by atomic mass is 32.1. The normalized spacial score (nSPS) is 12.8. The van der Waals surface area contributed by atoms with E-state index in [1.807, 2.05) is 6.92 Å². The summed E-state index contributed by atoms with van der Waals surface area (Å²) in [6, 6.07) is 0. The van der Waals surface area contributed by atoms with Crippen LogP contribution in [-0.4, -0.2) is 29.8 Å². The molecule has 0 spiro atoms. The van der Waals surface area contributed by atoms with Gasteiger partial charge in [0.05, 0.1) is 11.6 Å². The van der Waals surface area contributed by atoms with Gasteiger partial charge in [0.2, 0.25) is 0 Å². The highest BCUT2D eigenvalue weighted by molar-refractivity contribution is 7.11. The third kappa shape index (κ3) is 2.30. The minimum absolute atomic E-state index is 0.150. The average molecular weight is 215 g/mol. The SMILES string of the molecule is COCC(C)c1nc(C(=O)O)c(C)s1. The summed E-state index contributed by atoms with van der Waals surface area (Å²) >= 11 is 1.42. The van der Waals surface area contributed by atoms with Crippen LogP contribution in [0.5, 0.6) is 0 Å². The first kappa shape index (κ1) is 11.1. The molecule has 1 N–H and O–H groups in total. The molecule has 1 rings (SSSR count). The number of aryl methyl sites for hydroxylation is 1. The second-order valence-corrected chi connectivity index (χ2v) is 4.35. The fraction of sp³-hybridized carbons (Fsp3) is 0.556. The van der Waals surface area contributed by atoms with Gasteiger partial charge in [-0.25, -0.2) is 9.78 Å². The Balaban J connectivity index is 2.90. The molecule has 0 fully saturated rings. The van der Waals surface area contributed by atoms with Crippen molar-refractivity contribution in [2.45, 2.75) is 19.8 Å². The molecule has 5 heteroatoms. The van der Waals surface area contributed by atoms with E-state index in [0.29, 0.717) is 6.61 Å². The molecule has 0 aliphatic heterocycles. The van der Waals surface area contributed by atoms with Gasteiger partial charge in [-0.05, 0) is 6.92 Å². The standard InChI is InChI=1S/C9H13NO3S/c1-5(4-13-3)8-10-7(9(11)12)6(2)14-8/h5H,4H2,1-3H3,(H,11,12). The monoisotopic (exact) mass is 215 g/mol. The summed E-state index contributed by atoms with van der Waals surface area (Å²) in [6.45, 7) is 4.30. The summed E-state index contributed by atoms with van der Waals surface area (Å²) in [6.07, 6.45) is 0. The van der Waals surface area contributed by atoms with Gasteiger partial charge in [-0.1, -0.05) is 6.92 Å². The van der Waals surface area contributed by atoms with Crippen LogP contribution in [0.3, 0.4) is 0 Å². The average Bonchev–Trinajstić information content (AvgIpc) is 2.48. The molecule has 0 radical (unpaired) electrons. The highest BCUT2D eigenvalue weighted by Gasteiger charge is 2.17. The zero-order valence-electron chi connectivity index (χ0n) is 8.40. The lowest BCUT2D eigenvalue weighted by atomic mass is 10.2. The summed E-state index contributed by atoms with van der Waals surface area (Å²) in [4.78, 5) is 15.5. The summed E-state index contributed by atoms with van der Waals surface area (Å²) in [5, 5.41) is 9.62. The maximum atomic E-state index is 10.7. The summed E-state index contributed by atoms with van der Waals surface area (Å²) < 4.78 is 4.99. The molecule has 1 atom stereocenters. The number of methoxy groups -OCH3 is 1. The minimum Gasteiger partial charge on any atom is -0.476 e. The first-order chi connectivity index (χ1) is 6.56. The Morgan fingerprint density at radius 1 is 1.71 bits per heavy atom. The van der Waals surface area contributed by atoms with Crippen LogP contribution in [0.25, 0.3) is 0 Å². The Labute approximate surface area is 86.6 Å². The molecule has 14 heavy (non-hydrogen) atoms. The lowest BCUT2D eigenvalue weighted by Crippen LogP contribution is -2.03. The fourth-order valence-electron chi connectivity index (χ4n) is 1.15. The molecule has 1 aromatic heterocycles. The van der Waals surface area contributed by atoms with Crippen molar-refractivity contribution in [2.75, 3.05) is 13.7 Å². The number of thiazole rings is 1. The number of hydrogen-bond acceptors (Lipinski definition) is 4. The smallest absolute Gasteiger partial charge is 0.355 e. The minimum atomic E-state index is -0.963. The van der Waals surface area contributed by atoms with Gasteiger partial charge < -0.3 is 9.84 Å². The van der Waals surface area contributed by atoms with Crippen molar-refractivity contribution in [1.82, 2.24) is 4.98 Å². The second-order valence-electron chi connectivity index (χ2n) is 3.12. The molecule has 1 unspecified atom stereocenters. The molecular formula is C9H13NO3S. The van der Waals surface area contributed by atoms with Gasteiger partial charge in [-0.15, -0.1) is 11.3 Å². The van der Waals surface area contributed by atoms with Crippen molar-refractivity contribution in [2.24, 2.45) is 0 Å². The van der Waals surface area contributed by atoms with Crippen molar-refractivity contribution >= 4 is 17.3 Å². The van der Waals surface area contributed by atoms with Crippen molar-refractivity contribution in [3.63, 3.8) is 0 Å². The molecule has 0 bridgehead atoms. The number of carbonyl (C=O) groups is 1. The Morgan fingerprint density at radius 2 is 2.36 bits per heavy atom. The van der Waals surface area contributed by atoms with Gasteiger partial charge >= 0.3 is 5.97 Å². The molecule has 0 aliphatic rings. The molecule has 4 nitrogen and oxygen atoms in total. The molecule has 0 saturated carbocycles. The molecule has 1 heterocycles. The number of hydrogen-bond donors (Lipinski definition) is 1. The van der Waals surface area contributed by atoms with Crippen LogP contribution in [0.1, 0.15) is 33.2 Å². The van der Waals surface area contributed by atoms with E-state index >= 15 is 0 Å². The number of carboxylic acid groups (broad SMARTS) is 1. The number of carboxylic acids is 1.